The van der Waals surface area contributed by atoms with Crippen LogP contribution in [-0.4, -0.2) is 31.1 Å². The van der Waals surface area contributed by atoms with Crippen LogP contribution in [0.25, 0.3) is 0 Å². The molecule has 1 rings (SSSR count). The molecule has 0 spiro atoms. The molecule has 0 amide bonds. The van der Waals surface area contributed by atoms with Gasteiger partial charge < -0.3 is 10.6 Å². The zero-order valence-corrected chi connectivity index (χ0v) is 10.8. The zero-order valence-electron chi connectivity index (χ0n) is 10.8. The molecule has 0 aromatic heterocycles. The molecule has 1 saturated heterocycles. The van der Waals surface area contributed by atoms with E-state index in [1.807, 2.05) is 0 Å². The average molecular weight is 212 g/mol. The van der Waals surface area contributed by atoms with Crippen LogP contribution in [0.15, 0.2) is 0 Å². The SMILES string of the molecule is CCC(CN)CCN1CCC(C)(C)CC1. The second-order valence-corrected chi connectivity index (χ2v) is 5.80. The Labute approximate surface area is 95.2 Å². The van der Waals surface area contributed by atoms with Crippen LogP contribution in [0.3, 0.4) is 0 Å². The Morgan fingerprint density at radius 1 is 1.27 bits per heavy atom. The van der Waals surface area contributed by atoms with E-state index in [0.29, 0.717) is 5.41 Å². The predicted molar refractivity (Wildman–Crippen MR) is 66.9 cm³/mol. The van der Waals surface area contributed by atoms with Crippen LogP contribution in [0, 0.1) is 11.3 Å². The number of hydrogen-bond acceptors (Lipinski definition) is 2. The van der Waals surface area contributed by atoms with Crippen LogP contribution < -0.4 is 5.73 Å². The molecule has 1 aliphatic rings. The Bertz CT molecular complexity index is 163. The van der Waals surface area contributed by atoms with Crippen LogP contribution >= 0.6 is 0 Å². The van der Waals surface area contributed by atoms with Crippen molar-refractivity contribution in [1.29, 1.82) is 0 Å². The van der Waals surface area contributed by atoms with Gasteiger partial charge in [-0.25, -0.2) is 0 Å². The van der Waals surface area contributed by atoms with Crippen LogP contribution in [0.2, 0.25) is 0 Å². The molecule has 1 heterocycles. The van der Waals surface area contributed by atoms with Crippen molar-refractivity contribution in [3.05, 3.63) is 0 Å². The van der Waals surface area contributed by atoms with Crippen molar-refractivity contribution in [3.8, 4) is 0 Å². The zero-order chi connectivity index (χ0) is 11.3. The van der Waals surface area contributed by atoms with Crippen molar-refractivity contribution in [2.24, 2.45) is 17.1 Å². The van der Waals surface area contributed by atoms with E-state index in [4.69, 9.17) is 5.73 Å². The van der Waals surface area contributed by atoms with E-state index in [0.717, 1.165) is 12.5 Å². The summed E-state index contributed by atoms with van der Waals surface area (Å²) < 4.78 is 0. The monoisotopic (exact) mass is 212 g/mol. The Balaban J connectivity index is 2.18. The minimum absolute atomic E-state index is 0.578. The summed E-state index contributed by atoms with van der Waals surface area (Å²) in [6.07, 6.45) is 5.22. The molecule has 1 fully saturated rings. The maximum absolute atomic E-state index is 5.72. The first kappa shape index (κ1) is 13.0. The normalized spacial score (nSPS) is 24.0. The molecule has 15 heavy (non-hydrogen) atoms. The topological polar surface area (TPSA) is 29.3 Å². The molecule has 2 nitrogen and oxygen atoms in total. The lowest BCUT2D eigenvalue weighted by atomic mass is 9.82. The Kier molecular flexibility index (Phi) is 5.07. The summed E-state index contributed by atoms with van der Waals surface area (Å²) in [5.41, 5.74) is 6.30. The maximum atomic E-state index is 5.72. The summed E-state index contributed by atoms with van der Waals surface area (Å²) in [7, 11) is 0. The van der Waals surface area contributed by atoms with E-state index in [1.54, 1.807) is 0 Å². The van der Waals surface area contributed by atoms with E-state index in [9.17, 15) is 0 Å². The van der Waals surface area contributed by atoms with Crippen molar-refractivity contribution < 1.29 is 0 Å². The van der Waals surface area contributed by atoms with Crippen molar-refractivity contribution in [2.75, 3.05) is 26.2 Å². The highest BCUT2D eigenvalue weighted by molar-refractivity contribution is 4.78. The first-order chi connectivity index (χ1) is 7.07. The van der Waals surface area contributed by atoms with E-state index in [-0.39, 0.29) is 0 Å². The van der Waals surface area contributed by atoms with Crippen molar-refractivity contribution >= 4 is 0 Å². The third-order valence-corrected chi connectivity index (χ3v) is 3.97. The largest absolute Gasteiger partial charge is 0.330 e. The van der Waals surface area contributed by atoms with Gasteiger partial charge in [0.1, 0.15) is 0 Å². The van der Waals surface area contributed by atoms with Gasteiger partial charge in [0.2, 0.25) is 0 Å². The molecule has 0 aromatic rings. The Morgan fingerprint density at radius 2 is 1.87 bits per heavy atom. The predicted octanol–water partition coefficient (Wildman–Crippen LogP) is 2.48. The molecule has 0 saturated carbocycles. The lowest BCUT2D eigenvalue weighted by molar-refractivity contribution is 0.126. The minimum atomic E-state index is 0.578. The van der Waals surface area contributed by atoms with Crippen LogP contribution in [0.1, 0.15) is 46.5 Å². The van der Waals surface area contributed by atoms with Crippen LogP contribution in [0.5, 0.6) is 0 Å². The fourth-order valence-electron chi connectivity index (χ4n) is 2.24. The molecule has 0 radical (unpaired) electrons. The van der Waals surface area contributed by atoms with Gasteiger partial charge in [0.25, 0.3) is 0 Å². The molecule has 0 aliphatic carbocycles. The second-order valence-electron chi connectivity index (χ2n) is 5.80. The summed E-state index contributed by atoms with van der Waals surface area (Å²) in [5.74, 6) is 0.736. The van der Waals surface area contributed by atoms with Crippen molar-refractivity contribution in [2.45, 2.75) is 46.5 Å². The van der Waals surface area contributed by atoms with Gasteiger partial charge >= 0.3 is 0 Å². The Hall–Kier alpha value is -0.0800. The molecule has 90 valence electrons. The van der Waals surface area contributed by atoms with Crippen molar-refractivity contribution in [3.63, 3.8) is 0 Å². The molecular weight excluding hydrogens is 184 g/mol. The van der Waals surface area contributed by atoms with Gasteiger partial charge in [-0.15, -0.1) is 0 Å². The lowest BCUT2D eigenvalue weighted by Gasteiger charge is -2.37. The van der Waals surface area contributed by atoms with Gasteiger partial charge in [0, 0.05) is 0 Å². The summed E-state index contributed by atoms with van der Waals surface area (Å²) in [4.78, 5) is 2.61. The number of piperidine rings is 1. The molecule has 1 aliphatic heterocycles. The van der Waals surface area contributed by atoms with Crippen LogP contribution in [-0.2, 0) is 0 Å². The van der Waals surface area contributed by atoms with Gasteiger partial charge in [-0.3, -0.25) is 0 Å². The number of nitrogens with two attached hydrogens (primary N) is 1. The standard InChI is InChI=1S/C13H28N2/c1-4-12(11-14)5-8-15-9-6-13(2,3)7-10-15/h12H,4-11,14H2,1-3H3. The molecule has 2 heteroatoms. The number of likely N-dealkylation sites (tertiary alicyclic amines) is 1. The smallest absolute Gasteiger partial charge is 0.00136 e. The number of rotatable bonds is 5. The molecule has 1 unspecified atom stereocenters. The molecule has 2 N–H and O–H groups in total. The third kappa shape index (κ3) is 4.52. The van der Waals surface area contributed by atoms with E-state index < -0.39 is 0 Å². The van der Waals surface area contributed by atoms with E-state index >= 15 is 0 Å². The van der Waals surface area contributed by atoms with E-state index in [2.05, 4.69) is 25.7 Å². The highest BCUT2D eigenvalue weighted by Crippen LogP contribution is 2.29. The molecule has 1 atom stereocenters. The van der Waals surface area contributed by atoms with Gasteiger partial charge in [0.05, 0.1) is 0 Å². The molecular formula is C13H28N2. The van der Waals surface area contributed by atoms with Crippen molar-refractivity contribution in [1.82, 2.24) is 4.90 Å². The maximum Gasteiger partial charge on any atom is -0.00136 e. The lowest BCUT2D eigenvalue weighted by Crippen LogP contribution is -2.38. The summed E-state index contributed by atoms with van der Waals surface area (Å²) in [6.45, 7) is 11.7. The fraction of sp³-hybridized carbons (Fsp3) is 1.00. The van der Waals surface area contributed by atoms with Gasteiger partial charge in [0.15, 0.2) is 0 Å². The third-order valence-electron chi connectivity index (χ3n) is 3.97. The highest BCUT2D eigenvalue weighted by Gasteiger charge is 2.25. The first-order valence-electron chi connectivity index (χ1n) is 6.50. The quantitative estimate of drug-likeness (QED) is 0.758. The fourth-order valence-corrected chi connectivity index (χ4v) is 2.24. The number of nitrogens with zero attached hydrogens (tertiary/aromatic N) is 1. The summed E-state index contributed by atoms with van der Waals surface area (Å²) in [6, 6.07) is 0. The summed E-state index contributed by atoms with van der Waals surface area (Å²) in [5, 5.41) is 0. The molecule has 0 bridgehead atoms. The van der Waals surface area contributed by atoms with Crippen LogP contribution in [0.4, 0.5) is 0 Å². The van der Waals surface area contributed by atoms with E-state index in [1.165, 1.54) is 45.3 Å². The highest BCUT2D eigenvalue weighted by atomic mass is 15.1. The second kappa shape index (κ2) is 5.86. The van der Waals surface area contributed by atoms with Gasteiger partial charge in [-0.05, 0) is 56.8 Å². The molecule has 0 aromatic carbocycles. The average Bonchev–Trinajstić information content (AvgIpc) is 2.21. The van der Waals surface area contributed by atoms with Gasteiger partial charge in [-0.1, -0.05) is 27.2 Å². The minimum Gasteiger partial charge on any atom is -0.330 e. The van der Waals surface area contributed by atoms with Gasteiger partial charge in [-0.2, -0.15) is 0 Å². The summed E-state index contributed by atoms with van der Waals surface area (Å²) >= 11 is 0. The Morgan fingerprint density at radius 3 is 2.33 bits per heavy atom. The first-order valence-corrected chi connectivity index (χ1v) is 6.50. The number of hydrogen-bond donors (Lipinski definition) is 1.